The van der Waals surface area contributed by atoms with Crippen LogP contribution in [0.2, 0.25) is 0 Å². The van der Waals surface area contributed by atoms with E-state index in [1.54, 1.807) is 0 Å². The first-order valence-electron chi connectivity index (χ1n) is 11.8. The Kier molecular flexibility index (Phi) is 8.33. The van der Waals surface area contributed by atoms with Crippen molar-refractivity contribution in [3.63, 3.8) is 0 Å². The molecule has 0 bridgehead atoms. The molecule has 9 heteroatoms. The molecule has 1 aliphatic heterocycles. The van der Waals surface area contributed by atoms with Crippen molar-refractivity contribution in [2.24, 2.45) is 0 Å². The third-order valence-corrected chi connectivity index (χ3v) is 6.91. The zero-order valence-electron chi connectivity index (χ0n) is 20.5. The van der Waals surface area contributed by atoms with E-state index in [1.807, 2.05) is 55.0 Å². The first kappa shape index (κ1) is 25.1. The van der Waals surface area contributed by atoms with Crippen LogP contribution in [0.4, 0.5) is 0 Å². The minimum atomic E-state index is -0.414. The van der Waals surface area contributed by atoms with E-state index in [-0.39, 0.29) is 24.1 Å². The molecule has 35 heavy (non-hydrogen) atoms. The summed E-state index contributed by atoms with van der Waals surface area (Å²) in [6.45, 7) is 10.8. The number of nitrogens with zero attached hydrogens (tertiary/aromatic N) is 3. The van der Waals surface area contributed by atoms with Gasteiger partial charge in [-0.2, -0.15) is 0 Å². The maximum absolute atomic E-state index is 13.3. The number of hydrogen-bond acceptors (Lipinski definition) is 7. The number of pyridine rings is 1. The zero-order valence-corrected chi connectivity index (χ0v) is 21.3. The summed E-state index contributed by atoms with van der Waals surface area (Å²) in [7, 11) is 0. The van der Waals surface area contributed by atoms with Crippen molar-refractivity contribution < 1.29 is 14.3 Å². The maximum atomic E-state index is 13.3. The number of morpholine rings is 1. The van der Waals surface area contributed by atoms with Crippen molar-refractivity contribution in [1.82, 2.24) is 19.8 Å². The molecular weight excluding hydrogens is 464 g/mol. The quantitative estimate of drug-likeness (QED) is 0.490. The molecule has 2 aromatic heterocycles. The highest BCUT2D eigenvalue weighted by Gasteiger charge is 2.22. The lowest BCUT2D eigenvalue weighted by molar-refractivity contribution is 0.0361. The molecule has 1 amide bonds. The van der Waals surface area contributed by atoms with Gasteiger partial charge in [0, 0.05) is 43.3 Å². The van der Waals surface area contributed by atoms with Crippen molar-refractivity contribution in [2.75, 3.05) is 32.8 Å². The van der Waals surface area contributed by atoms with Gasteiger partial charge in [-0.1, -0.05) is 17.7 Å². The molecule has 0 radical (unpaired) electrons. The third-order valence-electron chi connectivity index (χ3n) is 6.09. The van der Waals surface area contributed by atoms with Gasteiger partial charge in [0.1, 0.15) is 17.9 Å². The largest absolute Gasteiger partial charge is 0.487 e. The fourth-order valence-corrected chi connectivity index (χ4v) is 4.75. The number of nitrogens with one attached hydrogen (secondary N) is 1. The molecule has 1 fully saturated rings. The van der Waals surface area contributed by atoms with Gasteiger partial charge in [0.2, 0.25) is 0 Å². The molecule has 3 heterocycles. The number of benzene rings is 1. The monoisotopic (exact) mass is 496 g/mol. The first-order chi connectivity index (χ1) is 16.9. The molecule has 1 aromatic carbocycles. The summed E-state index contributed by atoms with van der Waals surface area (Å²) >= 11 is 1.53. The summed E-state index contributed by atoms with van der Waals surface area (Å²) in [4.78, 5) is 33.0. The summed E-state index contributed by atoms with van der Waals surface area (Å²) in [6.07, 6.45) is 0. The van der Waals surface area contributed by atoms with Gasteiger partial charge in [-0.3, -0.25) is 14.5 Å². The van der Waals surface area contributed by atoms with Crippen molar-refractivity contribution in [1.29, 1.82) is 0 Å². The molecule has 1 N–H and O–H groups in total. The number of ether oxygens (including phenoxy) is 2. The topological polar surface area (TPSA) is 85.7 Å². The molecular formula is C26H32N4O4S. The van der Waals surface area contributed by atoms with Gasteiger partial charge < -0.3 is 19.4 Å². The predicted molar refractivity (Wildman–Crippen MR) is 136 cm³/mol. The normalized spacial score (nSPS) is 14.1. The molecule has 1 saturated heterocycles. The zero-order chi connectivity index (χ0) is 24.8. The second-order valence-electron chi connectivity index (χ2n) is 8.72. The number of aryl methyl sites for hydroxylation is 3. The van der Waals surface area contributed by atoms with Crippen molar-refractivity contribution in [2.45, 2.75) is 40.5 Å². The molecule has 4 rings (SSSR count). The van der Waals surface area contributed by atoms with E-state index in [4.69, 9.17) is 9.47 Å². The Balaban J connectivity index is 1.61. The minimum absolute atomic E-state index is 0.113. The summed E-state index contributed by atoms with van der Waals surface area (Å²) in [5.74, 6) is 0.275. The molecule has 0 unspecified atom stereocenters. The third kappa shape index (κ3) is 6.56. The Bertz CT molecular complexity index is 1210. The van der Waals surface area contributed by atoms with Crippen LogP contribution in [0, 0.1) is 20.8 Å². The lowest BCUT2D eigenvalue weighted by Gasteiger charge is -2.28. The second-order valence-corrected chi connectivity index (χ2v) is 9.78. The molecule has 3 aromatic rings. The van der Waals surface area contributed by atoms with Crippen LogP contribution in [0.5, 0.6) is 5.75 Å². The number of amides is 1. The lowest BCUT2D eigenvalue weighted by atomic mass is 10.1. The SMILES string of the molecule is Cc1ccc(OCc2c(C(=O)NCc3csc(C)n3)c(=O)cc(C)n2CCN2CCOCC2)cc1. The highest BCUT2D eigenvalue weighted by molar-refractivity contribution is 7.09. The van der Waals surface area contributed by atoms with Crippen LogP contribution in [-0.4, -0.2) is 53.2 Å². The summed E-state index contributed by atoms with van der Waals surface area (Å²) < 4.78 is 13.6. The van der Waals surface area contributed by atoms with Gasteiger partial charge in [0.15, 0.2) is 5.43 Å². The molecule has 8 nitrogen and oxygen atoms in total. The van der Waals surface area contributed by atoms with E-state index < -0.39 is 5.91 Å². The van der Waals surface area contributed by atoms with Gasteiger partial charge in [-0.15, -0.1) is 11.3 Å². The van der Waals surface area contributed by atoms with Crippen molar-refractivity contribution in [3.05, 3.63) is 79.2 Å². The van der Waals surface area contributed by atoms with E-state index in [0.717, 1.165) is 54.8 Å². The second kappa shape index (κ2) is 11.6. The van der Waals surface area contributed by atoms with Gasteiger partial charge in [0.05, 0.1) is 36.2 Å². The summed E-state index contributed by atoms with van der Waals surface area (Å²) in [5, 5.41) is 5.72. The van der Waals surface area contributed by atoms with Crippen LogP contribution >= 0.6 is 11.3 Å². The number of carbonyl (C=O) groups excluding carboxylic acids is 1. The van der Waals surface area contributed by atoms with E-state index in [1.165, 1.54) is 17.4 Å². The number of rotatable bonds is 9. The Morgan fingerprint density at radius 1 is 1.14 bits per heavy atom. The Labute approximate surface area is 209 Å². The molecule has 0 atom stereocenters. The van der Waals surface area contributed by atoms with Gasteiger partial charge in [0.25, 0.3) is 5.91 Å². The highest BCUT2D eigenvalue weighted by atomic mass is 32.1. The van der Waals surface area contributed by atoms with Gasteiger partial charge in [-0.25, -0.2) is 4.98 Å². The Morgan fingerprint density at radius 3 is 2.57 bits per heavy atom. The molecule has 186 valence electrons. The summed E-state index contributed by atoms with van der Waals surface area (Å²) in [5.41, 5.74) is 3.11. The molecule has 1 aliphatic rings. The van der Waals surface area contributed by atoms with Crippen molar-refractivity contribution in [3.8, 4) is 5.75 Å². The highest BCUT2D eigenvalue weighted by Crippen LogP contribution is 2.17. The first-order valence-corrected chi connectivity index (χ1v) is 12.7. The Hall–Kier alpha value is -3.01. The number of hydrogen-bond donors (Lipinski definition) is 1. The average molecular weight is 497 g/mol. The van der Waals surface area contributed by atoms with E-state index in [2.05, 4.69) is 15.2 Å². The van der Waals surface area contributed by atoms with Crippen LogP contribution in [0.25, 0.3) is 0 Å². The number of thiazole rings is 1. The van der Waals surface area contributed by atoms with Crippen LogP contribution < -0.4 is 15.5 Å². The predicted octanol–water partition coefficient (Wildman–Crippen LogP) is 3.07. The van der Waals surface area contributed by atoms with Crippen LogP contribution in [0.3, 0.4) is 0 Å². The minimum Gasteiger partial charge on any atom is -0.487 e. The van der Waals surface area contributed by atoms with Crippen LogP contribution in [0.15, 0.2) is 40.5 Å². The average Bonchev–Trinajstić information content (AvgIpc) is 3.27. The van der Waals surface area contributed by atoms with Crippen LogP contribution in [-0.2, 0) is 24.4 Å². The fourth-order valence-electron chi connectivity index (χ4n) is 4.14. The smallest absolute Gasteiger partial charge is 0.257 e. The molecule has 0 saturated carbocycles. The van der Waals surface area contributed by atoms with Gasteiger partial charge in [-0.05, 0) is 32.9 Å². The van der Waals surface area contributed by atoms with Gasteiger partial charge >= 0.3 is 0 Å². The Morgan fingerprint density at radius 2 is 1.89 bits per heavy atom. The molecule has 0 spiro atoms. The van der Waals surface area contributed by atoms with E-state index >= 15 is 0 Å². The fraction of sp³-hybridized carbons (Fsp3) is 0.423. The van der Waals surface area contributed by atoms with Crippen LogP contribution in [0.1, 0.15) is 38.0 Å². The number of aromatic nitrogens is 2. The number of carbonyl (C=O) groups is 1. The lowest BCUT2D eigenvalue weighted by Crippen LogP contribution is -2.39. The standard InChI is InChI=1S/C26H32N4O4S/c1-18-4-6-22(7-5-18)34-16-23-25(26(32)27-15-21-17-35-20(3)28-21)24(31)14-19(2)30(23)9-8-29-10-12-33-13-11-29/h4-7,14,17H,8-13,15-16H2,1-3H3,(H,27,32). The van der Waals surface area contributed by atoms with E-state index in [9.17, 15) is 9.59 Å². The maximum Gasteiger partial charge on any atom is 0.257 e. The van der Waals surface area contributed by atoms with Crippen molar-refractivity contribution >= 4 is 17.2 Å². The molecule has 0 aliphatic carbocycles. The van der Waals surface area contributed by atoms with E-state index in [0.29, 0.717) is 18.0 Å². The summed E-state index contributed by atoms with van der Waals surface area (Å²) in [6, 6.07) is 9.27.